The van der Waals surface area contributed by atoms with Gasteiger partial charge in [0.15, 0.2) is 6.10 Å². The maximum absolute atomic E-state index is 13.3. The smallest absolute Gasteiger partial charge is 0.462 e. The number of rotatable bonds is 45. The summed E-state index contributed by atoms with van der Waals surface area (Å²) in [6.45, 7) is 2.78. The molecule has 1 saturated carbocycles. The summed E-state index contributed by atoms with van der Waals surface area (Å²) in [6.07, 6.45) is 17.5. The van der Waals surface area contributed by atoms with Gasteiger partial charge in [0.25, 0.3) is 0 Å². The van der Waals surface area contributed by atoms with Crippen LogP contribution in [-0.2, 0) is 60.2 Å². The summed E-state index contributed by atoms with van der Waals surface area (Å²) in [6, 6.07) is 0. The highest BCUT2D eigenvalue weighted by Crippen LogP contribution is 2.52. The lowest BCUT2D eigenvalue weighted by atomic mass is 9.85. The number of esters is 2. The molecule has 0 aliphatic heterocycles. The molecule has 1 aliphatic carbocycles. The highest BCUT2D eigenvalue weighted by Gasteiger charge is 2.58. The number of unbranched alkanes of at least 4 members (excludes halogenated alkanes) is 22. The molecule has 1 aliphatic rings. The predicted molar refractivity (Wildman–Crippen MR) is 268 cm³/mol. The van der Waals surface area contributed by atoms with Crippen molar-refractivity contribution in [2.45, 2.75) is 236 Å². The highest BCUT2D eigenvalue weighted by atomic mass is 31.2. The maximum Gasteiger partial charge on any atom is 0.472 e. The molecular formula is C46H88O22P4. The molecule has 1 unspecified atom stereocenters. The maximum atomic E-state index is 13.3. The van der Waals surface area contributed by atoms with E-state index >= 15 is 0 Å². The summed E-state index contributed by atoms with van der Waals surface area (Å²) in [4.78, 5) is 93.1. The minimum Gasteiger partial charge on any atom is -0.462 e. The first kappa shape index (κ1) is 68.8. The predicted octanol–water partition coefficient (Wildman–Crippen LogP) is 9.23. The number of phosphoric acid groups is 3. The number of carbonyl (C=O) groups excluding carboxylic acids is 2. The first-order valence-corrected chi connectivity index (χ1v) is 32.1. The number of carbonyl (C=O) groups is 2. The zero-order chi connectivity index (χ0) is 53.9. The first-order valence-electron chi connectivity index (χ1n) is 25.8. The Morgan fingerprint density at radius 1 is 0.472 bits per heavy atom. The van der Waals surface area contributed by atoms with Gasteiger partial charge in [-0.05, 0) is 64.2 Å². The number of phosphoric ester groups is 3. The molecule has 0 bridgehead atoms. The van der Waals surface area contributed by atoms with E-state index in [0.717, 1.165) is 70.6 Å². The van der Waals surface area contributed by atoms with Crippen LogP contribution in [0.3, 0.4) is 0 Å². The second kappa shape index (κ2) is 39.2. The van der Waals surface area contributed by atoms with Crippen molar-refractivity contribution in [3.8, 4) is 0 Å². The van der Waals surface area contributed by atoms with E-state index in [1.807, 2.05) is 0 Å². The van der Waals surface area contributed by atoms with Gasteiger partial charge in [-0.1, -0.05) is 141 Å². The van der Waals surface area contributed by atoms with Gasteiger partial charge in [-0.2, -0.15) is 0 Å². The molecule has 0 amide bonds. The summed E-state index contributed by atoms with van der Waals surface area (Å²) in [5.41, 5.74) is 0. The Morgan fingerprint density at radius 2 is 0.861 bits per heavy atom. The summed E-state index contributed by atoms with van der Waals surface area (Å²) >= 11 is 0. The molecule has 26 heteroatoms. The van der Waals surface area contributed by atoms with Crippen LogP contribution in [0.5, 0.6) is 0 Å². The molecule has 8 atom stereocenters. The van der Waals surface area contributed by atoms with Crippen LogP contribution in [0.4, 0.5) is 0 Å². The van der Waals surface area contributed by atoms with Crippen LogP contribution >= 0.6 is 31.1 Å². The topological polar surface area (TPSA) is 349 Å². The third kappa shape index (κ3) is 36.7. The molecule has 424 valence electrons. The molecule has 0 spiro atoms. The van der Waals surface area contributed by atoms with Crippen LogP contribution in [-0.4, -0.2) is 119 Å². The highest BCUT2D eigenvalue weighted by molar-refractivity contribution is 7.51. The van der Waals surface area contributed by atoms with E-state index in [9.17, 15) is 72.3 Å². The van der Waals surface area contributed by atoms with Crippen LogP contribution in [0.1, 0.15) is 194 Å². The lowest BCUT2D eigenvalue weighted by Crippen LogP contribution is -2.65. The molecule has 0 aromatic rings. The Hall–Kier alpha value is -1.22. The fraction of sp³-hybridized carbons (Fsp3) is 0.870. The van der Waals surface area contributed by atoms with Gasteiger partial charge < -0.3 is 58.7 Å². The molecule has 0 heterocycles. The van der Waals surface area contributed by atoms with Gasteiger partial charge in [0.05, 0.1) is 6.61 Å². The monoisotopic (exact) mass is 1120 g/mol. The van der Waals surface area contributed by atoms with E-state index in [1.54, 1.807) is 0 Å². The lowest BCUT2D eigenvalue weighted by Gasteiger charge is -2.46. The summed E-state index contributed by atoms with van der Waals surface area (Å²) in [5, 5.41) is 22.1. The number of aliphatic hydroxyl groups is 2. The third-order valence-corrected chi connectivity index (χ3v) is 14.1. The number of allylic oxidation sites excluding steroid dienone is 4. The van der Waals surface area contributed by atoms with Crippen molar-refractivity contribution >= 4 is 43.0 Å². The van der Waals surface area contributed by atoms with Crippen LogP contribution in [0, 0.1) is 0 Å². The van der Waals surface area contributed by atoms with Gasteiger partial charge in [0.1, 0.15) is 49.6 Å². The van der Waals surface area contributed by atoms with E-state index in [4.69, 9.17) is 23.3 Å². The van der Waals surface area contributed by atoms with Gasteiger partial charge >= 0.3 is 43.0 Å². The second-order valence-corrected chi connectivity index (χ2v) is 23.7. The number of ether oxygens (including phenoxy) is 3. The SMILES string of the molecule is CCCCCCCC/C=C\CCCCCCCC(=O)OC[C@H](COP(=O)(O)O[C@H]1[C@H](O)[C@@H](OP(=O)(O)O)[C@H](OP(=O)(O)O)[C@@H](OCP(=O)(O)O)[C@H]1O)OC(=O)CCCCCCC/C=C\CCCCCCCC. The summed E-state index contributed by atoms with van der Waals surface area (Å²) in [5.74, 6) is -1.40. The van der Waals surface area contributed by atoms with Gasteiger partial charge in [0, 0.05) is 12.8 Å². The molecule has 1 fully saturated rings. The quantitative estimate of drug-likeness (QED) is 0.0119. The van der Waals surface area contributed by atoms with Crippen molar-refractivity contribution in [1.29, 1.82) is 0 Å². The van der Waals surface area contributed by atoms with Gasteiger partial charge in [0.2, 0.25) is 0 Å². The Balaban J connectivity index is 2.91. The first-order chi connectivity index (χ1) is 34.0. The molecule has 0 aromatic carbocycles. The summed E-state index contributed by atoms with van der Waals surface area (Å²) < 4.78 is 83.1. The molecule has 0 saturated heterocycles. The van der Waals surface area contributed by atoms with Crippen molar-refractivity contribution in [2.75, 3.05) is 19.6 Å². The van der Waals surface area contributed by atoms with Gasteiger partial charge in [-0.3, -0.25) is 32.2 Å². The molecule has 72 heavy (non-hydrogen) atoms. The Labute approximate surface area is 426 Å². The Kier molecular flexibility index (Phi) is 37.4. The van der Waals surface area contributed by atoms with Crippen LogP contribution in [0.15, 0.2) is 24.3 Å². The Bertz CT molecular complexity index is 1700. The average Bonchev–Trinajstić information content (AvgIpc) is 3.28. The van der Waals surface area contributed by atoms with Crippen molar-refractivity contribution in [3.05, 3.63) is 24.3 Å². The van der Waals surface area contributed by atoms with Crippen LogP contribution < -0.4 is 0 Å². The molecule has 0 aromatic heterocycles. The molecular weight excluding hydrogens is 1030 g/mol. The van der Waals surface area contributed by atoms with E-state index < -0.39 is 105 Å². The molecule has 9 N–H and O–H groups in total. The average molecular weight is 1120 g/mol. The number of hydrogen-bond acceptors (Lipinski definition) is 15. The molecule has 0 radical (unpaired) electrons. The summed E-state index contributed by atoms with van der Waals surface area (Å²) in [7, 11) is -22.2. The van der Waals surface area contributed by atoms with E-state index in [0.29, 0.717) is 19.3 Å². The zero-order valence-corrected chi connectivity index (χ0v) is 46.0. The van der Waals surface area contributed by atoms with Crippen molar-refractivity contribution in [3.63, 3.8) is 0 Å². The van der Waals surface area contributed by atoms with E-state index in [1.165, 1.54) is 77.0 Å². The fourth-order valence-electron chi connectivity index (χ4n) is 7.87. The number of aliphatic hydroxyl groups excluding tert-OH is 2. The Morgan fingerprint density at radius 3 is 1.29 bits per heavy atom. The minimum atomic E-state index is -5.75. The largest absolute Gasteiger partial charge is 0.472 e. The van der Waals surface area contributed by atoms with E-state index in [2.05, 4.69) is 47.2 Å². The second-order valence-electron chi connectivity index (χ2n) is 18.3. The fourth-order valence-corrected chi connectivity index (χ4v) is 10.3. The lowest BCUT2D eigenvalue weighted by molar-refractivity contribution is -0.222. The van der Waals surface area contributed by atoms with Gasteiger partial charge in [-0.15, -0.1) is 0 Å². The normalized spacial score (nSPS) is 21.3. The zero-order valence-electron chi connectivity index (χ0n) is 42.4. The molecule has 1 rings (SSSR count). The number of hydrogen-bond donors (Lipinski definition) is 9. The van der Waals surface area contributed by atoms with Crippen molar-refractivity contribution in [2.24, 2.45) is 0 Å². The van der Waals surface area contributed by atoms with Crippen LogP contribution in [0.2, 0.25) is 0 Å². The van der Waals surface area contributed by atoms with Crippen molar-refractivity contribution < 1.29 is 105 Å². The minimum absolute atomic E-state index is 0.0312. The van der Waals surface area contributed by atoms with Crippen molar-refractivity contribution in [1.82, 2.24) is 0 Å². The molecule has 22 nitrogen and oxygen atoms in total. The van der Waals surface area contributed by atoms with Gasteiger partial charge in [-0.25, -0.2) is 13.7 Å². The third-order valence-electron chi connectivity index (χ3n) is 11.6. The standard InChI is InChI=1S/C46H88O22P4/c1-3-5-7-9-11-13-15-17-19-21-23-25-27-29-31-33-39(47)62-35-38(65-40(48)34-32-30-28-26-24-22-20-18-16-14-12-10-8-6-4-2)36-64-72(60,61)68-43-41(49)44(63-37-69(51,52)53)46(67-71(57,58)59)45(42(43)50)66-70(54,55)56/h17-20,38,41-46,49-50H,3-16,21-37H2,1-2H3,(H,60,61)(H2,51,52,53)(H2,54,55,56)(H2,57,58,59)/b19-17-,20-18-/t38-,41+,42+,43-,44+,45-,46-/m1/s1. The van der Waals surface area contributed by atoms with E-state index in [-0.39, 0.29) is 12.8 Å². The van der Waals surface area contributed by atoms with Crippen LogP contribution in [0.25, 0.3) is 0 Å².